The molecule has 2 rings (SSSR count). The zero-order valence-corrected chi connectivity index (χ0v) is 12.5. The third-order valence-corrected chi connectivity index (χ3v) is 4.35. The molecule has 1 saturated heterocycles. The lowest BCUT2D eigenvalue weighted by atomic mass is 9.90. The van der Waals surface area contributed by atoms with Gasteiger partial charge in [0.05, 0.1) is 10.0 Å². The summed E-state index contributed by atoms with van der Waals surface area (Å²) in [7, 11) is 0. The molecular weight excluding hydrogens is 301 g/mol. The Morgan fingerprint density at radius 2 is 2.00 bits per heavy atom. The number of carboxylic acids is 1. The quantitative estimate of drug-likeness (QED) is 0.910. The van der Waals surface area contributed by atoms with Crippen molar-refractivity contribution < 1.29 is 14.7 Å². The highest BCUT2D eigenvalue weighted by atomic mass is 35.5. The van der Waals surface area contributed by atoms with Gasteiger partial charge in [0.1, 0.15) is 6.04 Å². The summed E-state index contributed by atoms with van der Waals surface area (Å²) < 4.78 is 0. The van der Waals surface area contributed by atoms with E-state index in [1.807, 2.05) is 6.92 Å². The number of likely N-dealkylation sites (tertiary alicyclic amines) is 1. The van der Waals surface area contributed by atoms with Crippen molar-refractivity contribution in [2.45, 2.75) is 25.8 Å². The van der Waals surface area contributed by atoms with Gasteiger partial charge in [0.25, 0.3) is 5.91 Å². The summed E-state index contributed by atoms with van der Waals surface area (Å²) >= 11 is 11.7. The predicted molar refractivity (Wildman–Crippen MR) is 77.3 cm³/mol. The van der Waals surface area contributed by atoms with Crippen molar-refractivity contribution in [2.24, 2.45) is 5.92 Å². The van der Waals surface area contributed by atoms with Gasteiger partial charge in [-0.15, -0.1) is 0 Å². The maximum absolute atomic E-state index is 12.5. The van der Waals surface area contributed by atoms with E-state index in [9.17, 15) is 14.7 Å². The third kappa shape index (κ3) is 2.91. The fraction of sp³-hybridized carbons (Fsp3) is 0.429. The highest BCUT2D eigenvalue weighted by molar-refractivity contribution is 6.42. The molecule has 1 fully saturated rings. The van der Waals surface area contributed by atoms with E-state index in [0.29, 0.717) is 17.1 Å². The Kier molecular flexibility index (Phi) is 4.55. The van der Waals surface area contributed by atoms with Gasteiger partial charge in [0.2, 0.25) is 0 Å². The molecule has 0 aromatic heterocycles. The molecule has 20 heavy (non-hydrogen) atoms. The number of piperidine rings is 1. The van der Waals surface area contributed by atoms with Crippen LogP contribution in [0.2, 0.25) is 10.0 Å². The van der Waals surface area contributed by atoms with Crippen LogP contribution < -0.4 is 0 Å². The number of carbonyl (C=O) groups excluding carboxylic acids is 1. The van der Waals surface area contributed by atoms with Crippen molar-refractivity contribution in [3.8, 4) is 0 Å². The number of hydrogen-bond acceptors (Lipinski definition) is 2. The van der Waals surface area contributed by atoms with Gasteiger partial charge in [0.15, 0.2) is 0 Å². The minimum absolute atomic E-state index is 0.0621. The lowest BCUT2D eigenvalue weighted by Gasteiger charge is -2.37. The number of amides is 1. The van der Waals surface area contributed by atoms with Crippen LogP contribution in [0.5, 0.6) is 0 Å². The summed E-state index contributed by atoms with van der Waals surface area (Å²) in [6.07, 6.45) is 1.61. The van der Waals surface area contributed by atoms with Crippen LogP contribution in [-0.2, 0) is 4.79 Å². The van der Waals surface area contributed by atoms with Gasteiger partial charge in [0, 0.05) is 12.1 Å². The number of hydrogen-bond donors (Lipinski definition) is 1. The standard InChI is InChI=1S/C14H15Cl2NO3/c1-8-3-2-6-17(12(8)14(19)20)13(18)9-4-5-10(15)11(16)7-9/h4-5,7-8,12H,2-3,6H2,1H3,(H,19,20). The number of benzene rings is 1. The lowest BCUT2D eigenvalue weighted by Crippen LogP contribution is -2.51. The second kappa shape index (κ2) is 6.02. The van der Waals surface area contributed by atoms with Crippen molar-refractivity contribution in [1.82, 2.24) is 4.90 Å². The molecule has 2 unspecified atom stereocenters. The number of carbonyl (C=O) groups is 2. The summed E-state index contributed by atoms with van der Waals surface area (Å²) in [5.74, 6) is -1.35. The van der Waals surface area contributed by atoms with Crippen LogP contribution in [-0.4, -0.2) is 34.5 Å². The number of carboxylic acid groups (broad SMARTS) is 1. The summed E-state index contributed by atoms with van der Waals surface area (Å²) in [5, 5.41) is 9.98. The molecule has 0 radical (unpaired) electrons. The van der Waals surface area contributed by atoms with Gasteiger partial charge in [-0.25, -0.2) is 4.79 Å². The van der Waals surface area contributed by atoms with Crippen LogP contribution in [0.4, 0.5) is 0 Å². The monoisotopic (exact) mass is 315 g/mol. The molecular formula is C14H15Cl2NO3. The molecule has 0 spiro atoms. The number of aliphatic carboxylic acids is 1. The summed E-state index contributed by atoms with van der Waals surface area (Å²) in [6.45, 7) is 2.30. The zero-order chi connectivity index (χ0) is 14.9. The maximum atomic E-state index is 12.5. The Balaban J connectivity index is 2.30. The van der Waals surface area contributed by atoms with Crippen LogP contribution in [0.3, 0.4) is 0 Å². The molecule has 1 heterocycles. The van der Waals surface area contributed by atoms with Gasteiger partial charge < -0.3 is 10.0 Å². The summed E-state index contributed by atoms with van der Waals surface area (Å²) in [4.78, 5) is 25.3. The molecule has 4 nitrogen and oxygen atoms in total. The Bertz CT molecular complexity index is 547. The van der Waals surface area contributed by atoms with E-state index in [4.69, 9.17) is 23.2 Å². The first-order valence-electron chi connectivity index (χ1n) is 6.40. The molecule has 108 valence electrons. The van der Waals surface area contributed by atoms with Gasteiger partial charge >= 0.3 is 5.97 Å². The Hall–Kier alpha value is -1.26. The van der Waals surface area contributed by atoms with Crippen LogP contribution >= 0.6 is 23.2 Å². The van der Waals surface area contributed by atoms with Gasteiger partial charge in [-0.05, 0) is 37.0 Å². The molecule has 0 saturated carbocycles. The highest BCUT2D eigenvalue weighted by Gasteiger charge is 2.37. The molecule has 1 aromatic carbocycles. The van der Waals surface area contributed by atoms with E-state index >= 15 is 0 Å². The average molecular weight is 316 g/mol. The van der Waals surface area contributed by atoms with Crippen molar-refractivity contribution in [3.05, 3.63) is 33.8 Å². The molecule has 1 aliphatic rings. The molecule has 1 aromatic rings. The molecule has 2 atom stereocenters. The van der Waals surface area contributed by atoms with E-state index < -0.39 is 12.0 Å². The van der Waals surface area contributed by atoms with Crippen molar-refractivity contribution >= 4 is 35.1 Å². The van der Waals surface area contributed by atoms with Crippen LogP contribution in [0.15, 0.2) is 18.2 Å². The topological polar surface area (TPSA) is 57.6 Å². The minimum Gasteiger partial charge on any atom is -0.480 e. The Morgan fingerprint density at radius 1 is 1.30 bits per heavy atom. The Labute approximate surface area is 127 Å². The van der Waals surface area contributed by atoms with Crippen molar-refractivity contribution in [3.63, 3.8) is 0 Å². The lowest BCUT2D eigenvalue weighted by molar-refractivity contribution is -0.145. The first-order chi connectivity index (χ1) is 9.41. The molecule has 6 heteroatoms. The fourth-order valence-corrected chi connectivity index (χ4v) is 2.89. The third-order valence-electron chi connectivity index (χ3n) is 3.61. The number of rotatable bonds is 2. The number of halogens is 2. The molecule has 1 amide bonds. The molecule has 0 bridgehead atoms. The van der Waals surface area contributed by atoms with Gasteiger partial charge in [-0.3, -0.25) is 4.79 Å². The van der Waals surface area contributed by atoms with Gasteiger partial charge in [-0.1, -0.05) is 30.1 Å². The van der Waals surface area contributed by atoms with E-state index in [0.717, 1.165) is 12.8 Å². The van der Waals surface area contributed by atoms with Crippen molar-refractivity contribution in [2.75, 3.05) is 6.54 Å². The first kappa shape index (κ1) is 15.1. The molecule has 1 aliphatic heterocycles. The Morgan fingerprint density at radius 3 is 2.60 bits per heavy atom. The average Bonchev–Trinajstić information content (AvgIpc) is 2.40. The molecule has 0 aliphatic carbocycles. The first-order valence-corrected chi connectivity index (χ1v) is 7.16. The van der Waals surface area contributed by atoms with Crippen LogP contribution in [0.1, 0.15) is 30.1 Å². The smallest absolute Gasteiger partial charge is 0.326 e. The van der Waals surface area contributed by atoms with E-state index in [-0.39, 0.29) is 16.8 Å². The second-order valence-corrected chi connectivity index (χ2v) is 5.84. The van der Waals surface area contributed by atoms with Gasteiger partial charge in [-0.2, -0.15) is 0 Å². The maximum Gasteiger partial charge on any atom is 0.326 e. The largest absolute Gasteiger partial charge is 0.480 e. The van der Waals surface area contributed by atoms with E-state index in [1.54, 1.807) is 12.1 Å². The normalized spacial score (nSPS) is 22.6. The summed E-state index contributed by atoms with van der Waals surface area (Å²) in [6, 6.07) is 3.80. The fourth-order valence-electron chi connectivity index (χ4n) is 2.59. The van der Waals surface area contributed by atoms with Crippen LogP contribution in [0, 0.1) is 5.92 Å². The predicted octanol–water partition coefficient (Wildman–Crippen LogP) is 3.32. The van der Waals surface area contributed by atoms with Crippen LogP contribution in [0.25, 0.3) is 0 Å². The zero-order valence-electron chi connectivity index (χ0n) is 11.0. The SMILES string of the molecule is CC1CCCN(C(=O)c2ccc(Cl)c(Cl)c2)C1C(=O)O. The second-order valence-electron chi connectivity index (χ2n) is 5.03. The summed E-state index contributed by atoms with van der Waals surface area (Å²) in [5.41, 5.74) is 0.361. The van der Waals surface area contributed by atoms with Crippen molar-refractivity contribution in [1.29, 1.82) is 0 Å². The van der Waals surface area contributed by atoms with E-state index in [2.05, 4.69) is 0 Å². The highest BCUT2D eigenvalue weighted by Crippen LogP contribution is 2.27. The van der Waals surface area contributed by atoms with E-state index in [1.165, 1.54) is 11.0 Å². The number of nitrogens with zero attached hydrogens (tertiary/aromatic N) is 1. The minimum atomic E-state index is -0.967. The molecule has 1 N–H and O–H groups in total.